The molecule has 168 valence electrons. The Kier molecular flexibility index (Phi) is 7.84. The van der Waals surface area contributed by atoms with Gasteiger partial charge in [-0.25, -0.2) is 4.98 Å². The van der Waals surface area contributed by atoms with Crippen molar-refractivity contribution in [1.29, 1.82) is 0 Å². The molecule has 0 saturated heterocycles. The molecule has 4 aromatic rings. The molecule has 0 amide bonds. The summed E-state index contributed by atoms with van der Waals surface area (Å²) in [6, 6.07) is 26.0. The average molecular weight is 435 g/mol. The highest BCUT2D eigenvalue weighted by Crippen LogP contribution is 2.29. The fourth-order valence-electron chi connectivity index (χ4n) is 3.98. The molecular weight excluding hydrogens is 400 g/mol. The predicted molar refractivity (Wildman–Crippen MR) is 146 cm³/mol. The second kappa shape index (κ2) is 10.8. The molecule has 0 unspecified atom stereocenters. The van der Waals surface area contributed by atoms with Gasteiger partial charge in [0, 0.05) is 18.2 Å². The van der Waals surface area contributed by atoms with Crippen LogP contribution in [0.3, 0.4) is 0 Å². The van der Waals surface area contributed by atoms with Gasteiger partial charge in [-0.3, -0.25) is 0 Å². The Hall–Kier alpha value is -3.65. The van der Waals surface area contributed by atoms with Gasteiger partial charge in [0.1, 0.15) is 0 Å². The molecule has 0 aliphatic carbocycles. The van der Waals surface area contributed by atoms with Crippen molar-refractivity contribution in [3.05, 3.63) is 102 Å². The maximum atomic E-state index is 4.97. The van der Waals surface area contributed by atoms with E-state index in [0.717, 1.165) is 28.2 Å². The highest BCUT2D eigenvalue weighted by Gasteiger charge is 2.11. The van der Waals surface area contributed by atoms with Crippen LogP contribution < -0.4 is 5.32 Å². The number of aromatic nitrogens is 1. The summed E-state index contributed by atoms with van der Waals surface area (Å²) in [7, 11) is 1.93. The monoisotopic (exact) mass is 434 g/mol. The van der Waals surface area contributed by atoms with Crippen molar-refractivity contribution in [3.63, 3.8) is 0 Å². The van der Waals surface area contributed by atoms with E-state index in [1.165, 1.54) is 33.0 Å². The first-order valence-corrected chi connectivity index (χ1v) is 11.6. The Bertz CT molecular complexity index is 1290. The zero-order valence-electron chi connectivity index (χ0n) is 20.7. The van der Waals surface area contributed by atoms with Crippen molar-refractivity contribution >= 4 is 22.5 Å². The zero-order valence-corrected chi connectivity index (χ0v) is 20.7. The van der Waals surface area contributed by atoms with Gasteiger partial charge in [-0.1, -0.05) is 98.3 Å². The van der Waals surface area contributed by atoms with Crippen LogP contribution in [0.15, 0.2) is 84.9 Å². The van der Waals surface area contributed by atoms with Crippen LogP contribution in [0.25, 0.3) is 44.9 Å². The van der Waals surface area contributed by atoms with Crippen molar-refractivity contribution in [2.45, 2.75) is 34.6 Å². The minimum atomic E-state index is 0.934. The number of nitrogens with one attached hydrogen (secondary N) is 1. The lowest BCUT2D eigenvalue weighted by Crippen LogP contribution is -2.10. The van der Waals surface area contributed by atoms with Gasteiger partial charge in [0.15, 0.2) is 0 Å². The first-order chi connectivity index (χ1) is 16.0. The van der Waals surface area contributed by atoms with Crippen molar-refractivity contribution in [3.8, 4) is 22.4 Å². The zero-order chi connectivity index (χ0) is 24.0. The SMILES string of the molecule is C=Cc1ccc(-c2ccc(-c3ccc4ccc(C)cc4c3)cc2)nc1C(NC)=C(C)C.CC. The third kappa shape index (κ3) is 5.23. The summed E-state index contributed by atoms with van der Waals surface area (Å²) in [6.45, 7) is 14.3. The molecule has 33 heavy (non-hydrogen) atoms. The normalized spacial score (nSPS) is 10.2. The van der Waals surface area contributed by atoms with Crippen LogP contribution in [-0.2, 0) is 0 Å². The number of hydrogen-bond donors (Lipinski definition) is 1. The lowest BCUT2D eigenvalue weighted by atomic mass is 9.98. The van der Waals surface area contributed by atoms with Crippen LogP contribution >= 0.6 is 0 Å². The lowest BCUT2D eigenvalue weighted by Gasteiger charge is -2.14. The number of allylic oxidation sites excluding steroid dienone is 1. The maximum absolute atomic E-state index is 4.97. The molecule has 2 nitrogen and oxygen atoms in total. The summed E-state index contributed by atoms with van der Waals surface area (Å²) in [5.41, 5.74) is 9.95. The van der Waals surface area contributed by atoms with Gasteiger partial charge in [0.25, 0.3) is 0 Å². The number of nitrogens with zero attached hydrogens (tertiary/aromatic N) is 1. The molecule has 0 fully saturated rings. The van der Waals surface area contributed by atoms with E-state index in [0.29, 0.717) is 0 Å². The van der Waals surface area contributed by atoms with Gasteiger partial charge < -0.3 is 5.32 Å². The molecule has 0 saturated carbocycles. The molecule has 0 atom stereocenters. The summed E-state index contributed by atoms with van der Waals surface area (Å²) in [6.07, 6.45) is 1.86. The van der Waals surface area contributed by atoms with Crippen LogP contribution in [0.5, 0.6) is 0 Å². The smallest absolute Gasteiger partial charge is 0.0939 e. The van der Waals surface area contributed by atoms with Gasteiger partial charge in [0.05, 0.1) is 17.1 Å². The fraction of sp³-hybridized carbons (Fsp3) is 0.194. The van der Waals surface area contributed by atoms with Gasteiger partial charge >= 0.3 is 0 Å². The van der Waals surface area contributed by atoms with E-state index in [1.54, 1.807) is 0 Å². The molecule has 0 aliphatic rings. The van der Waals surface area contributed by atoms with Crippen LogP contribution in [0.4, 0.5) is 0 Å². The number of pyridine rings is 1. The second-order valence-corrected chi connectivity index (χ2v) is 8.11. The summed E-state index contributed by atoms with van der Waals surface area (Å²) in [4.78, 5) is 4.97. The topological polar surface area (TPSA) is 24.9 Å². The van der Waals surface area contributed by atoms with E-state index in [1.807, 2.05) is 27.0 Å². The van der Waals surface area contributed by atoms with Gasteiger partial charge in [-0.15, -0.1) is 0 Å². The number of benzene rings is 3. The Morgan fingerprint density at radius 3 is 2.06 bits per heavy atom. The molecule has 0 spiro atoms. The van der Waals surface area contributed by atoms with Crippen molar-refractivity contribution in [1.82, 2.24) is 10.3 Å². The highest BCUT2D eigenvalue weighted by molar-refractivity contribution is 5.88. The number of rotatable bonds is 5. The van der Waals surface area contributed by atoms with Crippen LogP contribution in [-0.4, -0.2) is 12.0 Å². The molecular formula is C31H34N2. The summed E-state index contributed by atoms with van der Waals surface area (Å²) < 4.78 is 0. The molecule has 0 aliphatic heterocycles. The largest absolute Gasteiger partial charge is 0.386 e. The number of fused-ring (bicyclic) bond motifs is 1. The summed E-state index contributed by atoms with van der Waals surface area (Å²) >= 11 is 0. The van der Waals surface area contributed by atoms with Gasteiger partial charge in [-0.2, -0.15) is 0 Å². The number of aryl methyl sites for hydroxylation is 1. The first kappa shape index (κ1) is 24.0. The maximum Gasteiger partial charge on any atom is 0.0939 e. The van der Waals surface area contributed by atoms with Crippen LogP contribution in [0.1, 0.15) is 44.5 Å². The molecule has 1 N–H and O–H groups in total. The van der Waals surface area contributed by atoms with Crippen LogP contribution in [0, 0.1) is 6.92 Å². The highest BCUT2D eigenvalue weighted by atomic mass is 14.9. The summed E-state index contributed by atoms with van der Waals surface area (Å²) in [5.74, 6) is 0. The molecule has 4 rings (SSSR count). The van der Waals surface area contributed by atoms with E-state index in [9.17, 15) is 0 Å². The Morgan fingerprint density at radius 2 is 1.42 bits per heavy atom. The van der Waals surface area contributed by atoms with E-state index in [-0.39, 0.29) is 0 Å². The van der Waals surface area contributed by atoms with Gasteiger partial charge in [0.2, 0.25) is 0 Å². The molecule has 1 heterocycles. The Labute approximate surface area is 198 Å². The minimum Gasteiger partial charge on any atom is -0.386 e. The third-order valence-corrected chi connectivity index (χ3v) is 5.64. The second-order valence-electron chi connectivity index (χ2n) is 8.11. The summed E-state index contributed by atoms with van der Waals surface area (Å²) in [5, 5.41) is 5.83. The quantitative estimate of drug-likeness (QED) is 0.340. The van der Waals surface area contributed by atoms with Crippen LogP contribution in [0.2, 0.25) is 0 Å². The lowest BCUT2D eigenvalue weighted by molar-refractivity contribution is 1.07. The van der Waals surface area contributed by atoms with Gasteiger partial charge in [-0.05, 0) is 54.8 Å². The minimum absolute atomic E-state index is 0.934. The average Bonchev–Trinajstić information content (AvgIpc) is 2.85. The third-order valence-electron chi connectivity index (χ3n) is 5.64. The van der Waals surface area contributed by atoms with Crippen molar-refractivity contribution in [2.24, 2.45) is 0 Å². The molecule has 0 bridgehead atoms. The van der Waals surface area contributed by atoms with E-state index in [4.69, 9.17) is 4.98 Å². The van der Waals surface area contributed by atoms with E-state index < -0.39 is 0 Å². The molecule has 0 radical (unpaired) electrons. The Balaban J connectivity index is 0.00000149. The standard InChI is InChI=1S/C29H28N2.C2H6/c1-6-21-15-16-27(31-29(21)28(30-5)19(2)3)24-12-9-22(10-13-24)25-14-11-23-8-7-20(4)17-26(23)18-25;1-2/h6-18,30H,1H2,2-5H3;1-2H3. The van der Waals surface area contributed by atoms with E-state index >= 15 is 0 Å². The predicted octanol–water partition coefficient (Wildman–Crippen LogP) is 8.52. The van der Waals surface area contributed by atoms with Crippen molar-refractivity contribution in [2.75, 3.05) is 7.05 Å². The van der Waals surface area contributed by atoms with E-state index in [2.05, 4.69) is 105 Å². The fourth-order valence-corrected chi connectivity index (χ4v) is 3.98. The molecule has 3 aromatic carbocycles. The first-order valence-electron chi connectivity index (χ1n) is 11.6. The van der Waals surface area contributed by atoms with Crippen molar-refractivity contribution < 1.29 is 0 Å². The Morgan fingerprint density at radius 1 is 0.788 bits per heavy atom. The number of hydrogen-bond acceptors (Lipinski definition) is 2. The molecule has 2 heteroatoms. The molecule has 1 aromatic heterocycles.